The van der Waals surface area contributed by atoms with Crippen molar-refractivity contribution in [1.29, 1.82) is 0 Å². The Morgan fingerprint density at radius 1 is 0.313 bits per heavy atom. The Bertz CT molecular complexity index is 1260. The quantitative estimate of drug-likeness (QED) is 0.0262. The maximum atomic E-state index is 12.8. The summed E-state index contributed by atoms with van der Waals surface area (Å²) in [5.74, 6) is -0.894. The average Bonchev–Trinajstić information content (AvgIpc) is 3.33. The molecule has 6 nitrogen and oxygen atoms in total. The fourth-order valence-electron chi connectivity index (χ4n) is 7.93. The average molecular weight is 936 g/mol. The van der Waals surface area contributed by atoms with Gasteiger partial charge < -0.3 is 14.2 Å². The van der Waals surface area contributed by atoms with Crippen LogP contribution in [-0.2, 0) is 28.6 Å². The number of allylic oxidation sites excluding steroid dienone is 12. The summed E-state index contributed by atoms with van der Waals surface area (Å²) < 4.78 is 16.8. The standard InChI is InChI=1S/C61H106O6/c1-4-7-10-13-16-19-21-23-25-27-28-29-30-31-32-34-35-37-39-42-45-48-51-54-60(63)66-57-58(56-65-59(62)53-50-47-44-41-18-15-12-9-6-3)67-61(64)55-52-49-46-43-40-38-36-33-26-24-22-20-17-14-11-8-5-2/h8,11,17,20-21,23-24,26-28,30-31,58H,4-7,9-10,12-16,18-19,22,25,29,32-57H2,1-3H3/b11-8-,20-17-,23-21-,26-24-,28-27-,31-30-. The third kappa shape index (κ3) is 53.7. The zero-order chi connectivity index (χ0) is 48.6. The molecule has 0 N–H and O–H groups in total. The zero-order valence-electron chi connectivity index (χ0n) is 44.2. The van der Waals surface area contributed by atoms with Gasteiger partial charge in [0.1, 0.15) is 13.2 Å². The molecular formula is C61H106O6. The molecule has 0 aromatic rings. The monoisotopic (exact) mass is 935 g/mol. The molecule has 0 saturated carbocycles. The Balaban J connectivity index is 4.28. The van der Waals surface area contributed by atoms with Crippen LogP contribution in [0.4, 0.5) is 0 Å². The summed E-state index contributed by atoms with van der Waals surface area (Å²) in [4.78, 5) is 38.0. The summed E-state index contributed by atoms with van der Waals surface area (Å²) in [5, 5.41) is 0. The van der Waals surface area contributed by atoms with Crippen molar-refractivity contribution < 1.29 is 28.6 Å². The van der Waals surface area contributed by atoms with Crippen molar-refractivity contribution in [1.82, 2.24) is 0 Å². The smallest absolute Gasteiger partial charge is 0.306 e. The van der Waals surface area contributed by atoms with Crippen LogP contribution in [0.5, 0.6) is 0 Å². The highest BCUT2D eigenvalue weighted by molar-refractivity contribution is 5.71. The number of unbranched alkanes of at least 4 members (excludes halogenated alkanes) is 28. The highest BCUT2D eigenvalue weighted by Crippen LogP contribution is 2.15. The van der Waals surface area contributed by atoms with Gasteiger partial charge in [0.2, 0.25) is 0 Å². The second-order valence-electron chi connectivity index (χ2n) is 18.8. The molecule has 6 heteroatoms. The lowest BCUT2D eigenvalue weighted by Gasteiger charge is -2.18. The fraction of sp³-hybridized carbons (Fsp3) is 0.754. The fourth-order valence-corrected chi connectivity index (χ4v) is 7.93. The van der Waals surface area contributed by atoms with Gasteiger partial charge in [0.05, 0.1) is 0 Å². The largest absolute Gasteiger partial charge is 0.462 e. The van der Waals surface area contributed by atoms with Gasteiger partial charge in [-0.15, -0.1) is 0 Å². The lowest BCUT2D eigenvalue weighted by atomic mass is 10.1. The Labute approximate surface area is 414 Å². The van der Waals surface area contributed by atoms with Gasteiger partial charge in [0.15, 0.2) is 6.10 Å². The number of esters is 3. The Kier molecular flexibility index (Phi) is 52.8. The number of rotatable bonds is 51. The summed E-state index contributed by atoms with van der Waals surface area (Å²) in [6, 6.07) is 0. The number of ether oxygens (including phenoxy) is 3. The summed E-state index contributed by atoms with van der Waals surface area (Å²) >= 11 is 0. The molecule has 0 aliphatic rings. The third-order valence-corrected chi connectivity index (χ3v) is 12.2. The molecule has 67 heavy (non-hydrogen) atoms. The van der Waals surface area contributed by atoms with Crippen molar-refractivity contribution in [2.45, 2.75) is 284 Å². The maximum Gasteiger partial charge on any atom is 0.306 e. The van der Waals surface area contributed by atoms with Crippen LogP contribution in [0.15, 0.2) is 72.9 Å². The Morgan fingerprint density at radius 3 is 0.910 bits per heavy atom. The van der Waals surface area contributed by atoms with Gasteiger partial charge in [-0.1, -0.05) is 241 Å². The minimum absolute atomic E-state index is 0.0805. The highest BCUT2D eigenvalue weighted by Gasteiger charge is 2.19. The van der Waals surface area contributed by atoms with E-state index >= 15 is 0 Å². The third-order valence-electron chi connectivity index (χ3n) is 12.2. The van der Waals surface area contributed by atoms with E-state index in [9.17, 15) is 14.4 Å². The van der Waals surface area contributed by atoms with Crippen molar-refractivity contribution in [2.75, 3.05) is 13.2 Å². The lowest BCUT2D eigenvalue weighted by Crippen LogP contribution is -2.30. The van der Waals surface area contributed by atoms with Crippen LogP contribution in [0.2, 0.25) is 0 Å². The van der Waals surface area contributed by atoms with E-state index in [4.69, 9.17) is 14.2 Å². The molecule has 0 aromatic carbocycles. The van der Waals surface area contributed by atoms with E-state index in [1.54, 1.807) is 0 Å². The first kappa shape index (κ1) is 63.8. The van der Waals surface area contributed by atoms with Gasteiger partial charge in [-0.05, 0) is 89.9 Å². The molecule has 0 radical (unpaired) electrons. The molecule has 1 atom stereocenters. The van der Waals surface area contributed by atoms with Crippen LogP contribution in [0.1, 0.15) is 278 Å². The predicted octanol–water partition coefficient (Wildman–Crippen LogP) is 19.0. The molecule has 0 aliphatic carbocycles. The number of hydrogen-bond donors (Lipinski definition) is 0. The number of carbonyl (C=O) groups excluding carboxylic acids is 3. The van der Waals surface area contributed by atoms with Crippen molar-refractivity contribution in [3.05, 3.63) is 72.9 Å². The molecule has 0 aliphatic heterocycles. The van der Waals surface area contributed by atoms with Gasteiger partial charge in [0.25, 0.3) is 0 Å². The number of hydrogen-bond acceptors (Lipinski definition) is 6. The van der Waals surface area contributed by atoms with Gasteiger partial charge in [0, 0.05) is 19.3 Å². The molecule has 0 spiro atoms. The second kappa shape index (κ2) is 55.4. The highest BCUT2D eigenvalue weighted by atomic mass is 16.6. The van der Waals surface area contributed by atoms with Crippen LogP contribution in [0.25, 0.3) is 0 Å². The van der Waals surface area contributed by atoms with Gasteiger partial charge >= 0.3 is 17.9 Å². The minimum atomic E-state index is -0.782. The van der Waals surface area contributed by atoms with Crippen molar-refractivity contribution in [3.63, 3.8) is 0 Å². The van der Waals surface area contributed by atoms with Gasteiger partial charge in [-0.25, -0.2) is 0 Å². The molecular weight excluding hydrogens is 829 g/mol. The van der Waals surface area contributed by atoms with Crippen molar-refractivity contribution >= 4 is 17.9 Å². The first-order valence-corrected chi connectivity index (χ1v) is 28.4. The van der Waals surface area contributed by atoms with Crippen molar-refractivity contribution in [3.8, 4) is 0 Å². The summed E-state index contributed by atoms with van der Waals surface area (Å²) in [6.07, 6.45) is 70.4. The van der Waals surface area contributed by atoms with E-state index in [-0.39, 0.29) is 31.1 Å². The Hall–Kier alpha value is -3.15. The minimum Gasteiger partial charge on any atom is -0.462 e. The number of carbonyl (C=O) groups is 3. The van der Waals surface area contributed by atoms with Crippen LogP contribution in [-0.4, -0.2) is 37.2 Å². The van der Waals surface area contributed by atoms with E-state index in [0.717, 1.165) is 103 Å². The van der Waals surface area contributed by atoms with Crippen LogP contribution in [0.3, 0.4) is 0 Å². The van der Waals surface area contributed by atoms with E-state index in [0.29, 0.717) is 19.3 Å². The molecule has 0 saturated heterocycles. The molecule has 0 fully saturated rings. The molecule has 0 aromatic heterocycles. The first-order chi connectivity index (χ1) is 33.0. The van der Waals surface area contributed by atoms with E-state index in [2.05, 4.69) is 93.7 Å². The summed E-state index contributed by atoms with van der Waals surface area (Å²) in [6.45, 7) is 6.50. The molecule has 1 unspecified atom stereocenters. The molecule has 386 valence electrons. The van der Waals surface area contributed by atoms with Crippen LogP contribution >= 0.6 is 0 Å². The normalized spacial score (nSPS) is 12.6. The van der Waals surface area contributed by atoms with Gasteiger partial charge in [-0.2, -0.15) is 0 Å². The predicted molar refractivity (Wildman–Crippen MR) is 288 cm³/mol. The molecule has 0 heterocycles. The second-order valence-corrected chi connectivity index (χ2v) is 18.8. The van der Waals surface area contributed by atoms with Crippen LogP contribution in [0, 0.1) is 0 Å². The molecule has 0 amide bonds. The molecule has 0 rings (SSSR count). The SMILES string of the molecule is CC/C=C\C/C=C\C/C=C\CCCCCCCCCC(=O)OC(COC(=O)CCCCCCCCCCC)COC(=O)CCCCCCCCCC/C=C\C/C=C\C/C=C\CCCCCCC. The Morgan fingerprint density at radius 2 is 0.582 bits per heavy atom. The van der Waals surface area contributed by atoms with E-state index in [1.807, 2.05) is 0 Å². The van der Waals surface area contributed by atoms with Gasteiger partial charge in [-0.3, -0.25) is 14.4 Å². The molecule has 0 bridgehead atoms. The summed E-state index contributed by atoms with van der Waals surface area (Å²) in [7, 11) is 0. The maximum absolute atomic E-state index is 12.8. The lowest BCUT2D eigenvalue weighted by molar-refractivity contribution is -0.167. The first-order valence-electron chi connectivity index (χ1n) is 28.4. The van der Waals surface area contributed by atoms with Crippen LogP contribution < -0.4 is 0 Å². The summed E-state index contributed by atoms with van der Waals surface area (Å²) in [5.41, 5.74) is 0. The zero-order valence-corrected chi connectivity index (χ0v) is 44.2. The van der Waals surface area contributed by atoms with E-state index in [1.165, 1.54) is 135 Å². The van der Waals surface area contributed by atoms with Crippen molar-refractivity contribution in [2.24, 2.45) is 0 Å². The topological polar surface area (TPSA) is 78.9 Å². The van der Waals surface area contributed by atoms with E-state index < -0.39 is 6.10 Å².